The monoisotopic (exact) mass is 368 g/mol. The first kappa shape index (κ1) is 17.9. The van der Waals surface area contributed by atoms with Crippen LogP contribution in [0.4, 0.5) is 0 Å². The number of carbonyl (C=O) groups is 1. The number of fused-ring (bicyclic) bond motifs is 1. The SMILES string of the molecule is CC(=O)Oc1cccc(C)c1-c1nc(-c2ccc(C)cc2)c2ccccc2n1. The first-order chi connectivity index (χ1) is 13.5. The predicted molar refractivity (Wildman–Crippen MR) is 111 cm³/mol. The van der Waals surface area contributed by atoms with Crippen LogP contribution in [0.15, 0.2) is 66.7 Å². The summed E-state index contributed by atoms with van der Waals surface area (Å²) in [5.74, 6) is 0.646. The topological polar surface area (TPSA) is 52.1 Å². The van der Waals surface area contributed by atoms with Crippen molar-refractivity contribution in [1.82, 2.24) is 9.97 Å². The Hall–Kier alpha value is -3.53. The molecule has 3 aromatic carbocycles. The molecule has 0 spiro atoms. The zero-order valence-electron chi connectivity index (χ0n) is 16.1. The van der Waals surface area contributed by atoms with Crippen LogP contribution in [0.5, 0.6) is 5.75 Å². The molecule has 0 aliphatic heterocycles. The van der Waals surface area contributed by atoms with Gasteiger partial charge in [-0.25, -0.2) is 9.97 Å². The number of hydrogen-bond acceptors (Lipinski definition) is 4. The lowest BCUT2D eigenvalue weighted by atomic mass is 10.0. The van der Waals surface area contributed by atoms with Gasteiger partial charge in [0.2, 0.25) is 0 Å². The summed E-state index contributed by atoms with van der Waals surface area (Å²) >= 11 is 0. The summed E-state index contributed by atoms with van der Waals surface area (Å²) in [5, 5.41) is 0.984. The average molecular weight is 368 g/mol. The lowest BCUT2D eigenvalue weighted by molar-refractivity contribution is -0.131. The molecule has 0 saturated heterocycles. The highest BCUT2D eigenvalue weighted by Gasteiger charge is 2.17. The fourth-order valence-corrected chi connectivity index (χ4v) is 3.29. The third-order valence-corrected chi connectivity index (χ3v) is 4.64. The second-order valence-electron chi connectivity index (χ2n) is 6.82. The lowest BCUT2D eigenvalue weighted by Crippen LogP contribution is -2.05. The second-order valence-corrected chi connectivity index (χ2v) is 6.82. The maximum Gasteiger partial charge on any atom is 0.308 e. The highest BCUT2D eigenvalue weighted by Crippen LogP contribution is 2.35. The molecule has 4 aromatic rings. The zero-order valence-corrected chi connectivity index (χ0v) is 16.1. The molecule has 28 heavy (non-hydrogen) atoms. The molecule has 0 amide bonds. The van der Waals surface area contributed by atoms with E-state index in [0.717, 1.165) is 33.3 Å². The molecule has 0 atom stereocenters. The summed E-state index contributed by atoms with van der Waals surface area (Å²) < 4.78 is 5.44. The number of hydrogen-bond donors (Lipinski definition) is 0. The summed E-state index contributed by atoms with van der Waals surface area (Å²) in [6.45, 7) is 5.42. The second kappa shape index (κ2) is 7.24. The molecule has 138 valence electrons. The highest BCUT2D eigenvalue weighted by atomic mass is 16.5. The summed E-state index contributed by atoms with van der Waals surface area (Å²) in [4.78, 5) is 21.3. The van der Waals surface area contributed by atoms with Crippen LogP contribution < -0.4 is 4.74 Å². The molecule has 0 aliphatic rings. The van der Waals surface area contributed by atoms with Crippen molar-refractivity contribution in [2.45, 2.75) is 20.8 Å². The Balaban J connectivity index is 2.00. The smallest absolute Gasteiger partial charge is 0.308 e. The first-order valence-corrected chi connectivity index (χ1v) is 9.15. The molecule has 4 nitrogen and oxygen atoms in total. The van der Waals surface area contributed by atoms with E-state index in [-0.39, 0.29) is 5.97 Å². The molecule has 0 radical (unpaired) electrons. The Morgan fingerprint density at radius 1 is 0.857 bits per heavy atom. The molecule has 4 rings (SSSR count). The molecule has 0 aliphatic carbocycles. The summed E-state index contributed by atoms with van der Waals surface area (Å²) in [6, 6.07) is 21.8. The normalized spacial score (nSPS) is 10.8. The zero-order chi connectivity index (χ0) is 19.7. The van der Waals surface area contributed by atoms with E-state index < -0.39 is 0 Å². The van der Waals surface area contributed by atoms with Gasteiger partial charge in [-0.2, -0.15) is 0 Å². The lowest BCUT2D eigenvalue weighted by Gasteiger charge is -2.14. The van der Waals surface area contributed by atoms with E-state index in [9.17, 15) is 4.79 Å². The Kier molecular flexibility index (Phi) is 4.62. The van der Waals surface area contributed by atoms with Gasteiger partial charge in [-0.15, -0.1) is 0 Å². The van der Waals surface area contributed by atoms with Crippen LogP contribution in [0.25, 0.3) is 33.5 Å². The third-order valence-electron chi connectivity index (χ3n) is 4.64. The van der Waals surface area contributed by atoms with Crippen LogP contribution >= 0.6 is 0 Å². The minimum atomic E-state index is -0.369. The molecule has 0 N–H and O–H groups in total. The van der Waals surface area contributed by atoms with Crippen LogP contribution in [0.3, 0.4) is 0 Å². The number of esters is 1. The first-order valence-electron chi connectivity index (χ1n) is 9.15. The van der Waals surface area contributed by atoms with E-state index in [4.69, 9.17) is 14.7 Å². The minimum Gasteiger partial charge on any atom is -0.426 e. The fourth-order valence-electron chi connectivity index (χ4n) is 3.29. The maximum atomic E-state index is 11.6. The number of aryl methyl sites for hydroxylation is 2. The summed E-state index contributed by atoms with van der Waals surface area (Å²) in [5.41, 5.74) is 5.60. The van der Waals surface area contributed by atoms with Gasteiger partial charge < -0.3 is 4.74 Å². The Labute approximate surface area is 163 Å². The van der Waals surface area contributed by atoms with Gasteiger partial charge >= 0.3 is 5.97 Å². The van der Waals surface area contributed by atoms with E-state index in [2.05, 4.69) is 31.2 Å². The van der Waals surface area contributed by atoms with E-state index >= 15 is 0 Å². The van der Waals surface area contributed by atoms with Crippen molar-refractivity contribution in [3.05, 3.63) is 77.9 Å². The summed E-state index contributed by atoms with van der Waals surface area (Å²) in [6.07, 6.45) is 0. The van der Waals surface area contributed by atoms with Crippen molar-refractivity contribution in [3.8, 4) is 28.4 Å². The number of para-hydroxylation sites is 1. The Bertz CT molecular complexity index is 1180. The van der Waals surface area contributed by atoms with Crippen molar-refractivity contribution in [2.75, 3.05) is 0 Å². The van der Waals surface area contributed by atoms with Gasteiger partial charge in [0.25, 0.3) is 0 Å². The van der Waals surface area contributed by atoms with Gasteiger partial charge in [0.1, 0.15) is 5.75 Å². The van der Waals surface area contributed by atoms with Gasteiger partial charge in [0.05, 0.1) is 16.8 Å². The average Bonchev–Trinajstić information content (AvgIpc) is 2.67. The molecule has 0 saturated carbocycles. The van der Waals surface area contributed by atoms with Gasteiger partial charge in [0.15, 0.2) is 5.82 Å². The number of ether oxygens (including phenoxy) is 1. The maximum absolute atomic E-state index is 11.6. The number of carbonyl (C=O) groups excluding carboxylic acids is 1. The number of rotatable bonds is 3. The van der Waals surface area contributed by atoms with Crippen molar-refractivity contribution < 1.29 is 9.53 Å². The molecule has 4 heteroatoms. The molecule has 1 aromatic heterocycles. The van der Waals surface area contributed by atoms with Crippen LogP contribution in [0, 0.1) is 13.8 Å². The number of aromatic nitrogens is 2. The van der Waals surface area contributed by atoms with Crippen LogP contribution in [0.1, 0.15) is 18.1 Å². The number of nitrogens with zero attached hydrogens (tertiary/aromatic N) is 2. The highest BCUT2D eigenvalue weighted by molar-refractivity contribution is 5.94. The minimum absolute atomic E-state index is 0.369. The van der Waals surface area contributed by atoms with E-state index in [1.165, 1.54) is 12.5 Å². The largest absolute Gasteiger partial charge is 0.426 e. The predicted octanol–water partition coefficient (Wildman–Crippen LogP) is 5.51. The quantitative estimate of drug-likeness (QED) is 0.354. The molecule has 0 bridgehead atoms. The number of benzene rings is 3. The molecule has 1 heterocycles. The van der Waals surface area contributed by atoms with Gasteiger partial charge in [-0.05, 0) is 31.5 Å². The van der Waals surface area contributed by atoms with Crippen molar-refractivity contribution in [1.29, 1.82) is 0 Å². The molecular weight excluding hydrogens is 348 g/mol. The molecular formula is C24H20N2O2. The Morgan fingerprint density at radius 2 is 1.61 bits per heavy atom. The van der Waals surface area contributed by atoms with E-state index in [1.54, 1.807) is 6.07 Å². The van der Waals surface area contributed by atoms with Gasteiger partial charge in [-0.3, -0.25) is 4.79 Å². The van der Waals surface area contributed by atoms with Crippen LogP contribution in [0.2, 0.25) is 0 Å². The molecule has 0 fully saturated rings. The van der Waals surface area contributed by atoms with Crippen molar-refractivity contribution in [3.63, 3.8) is 0 Å². The van der Waals surface area contributed by atoms with E-state index in [0.29, 0.717) is 11.6 Å². The van der Waals surface area contributed by atoms with Crippen LogP contribution in [-0.2, 0) is 4.79 Å². The standard InChI is InChI=1S/C24H20N2O2/c1-15-11-13-18(14-12-15)23-19-8-4-5-9-20(19)25-24(26-23)22-16(2)7-6-10-21(22)28-17(3)27/h4-14H,1-3H3. The van der Waals surface area contributed by atoms with Crippen molar-refractivity contribution in [2.24, 2.45) is 0 Å². The summed E-state index contributed by atoms with van der Waals surface area (Å²) in [7, 11) is 0. The van der Waals surface area contributed by atoms with Gasteiger partial charge in [0, 0.05) is 17.9 Å². The Morgan fingerprint density at radius 3 is 2.36 bits per heavy atom. The van der Waals surface area contributed by atoms with Crippen LogP contribution in [-0.4, -0.2) is 15.9 Å². The van der Waals surface area contributed by atoms with E-state index in [1.807, 2.05) is 43.3 Å². The van der Waals surface area contributed by atoms with Gasteiger partial charge in [-0.1, -0.05) is 60.2 Å². The third kappa shape index (κ3) is 3.37. The van der Waals surface area contributed by atoms with Crippen molar-refractivity contribution >= 4 is 16.9 Å². The fraction of sp³-hybridized carbons (Fsp3) is 0.125. The molecule has 0 unspecified atom stereocenters.